The lowest BCUT2D eigenvalue weighted by Crippen LogP contribution is -2.35. The van der Waals surface area contributed by atoms with Crippen molar-refractivity contribution in [2.24, 2.45) is 5.92 Å². The van der Waals surface area contributed by atoms with Crippen molar-refractivity contribution in [3.63, 3.8) is 0 Å². The van der Waals surface area contributed by atoms with Gasteiger partial charge < -0.3 is 10.6 Å². The molecule has 0 aliphatic heterocycles. The molecule has 0 atom stereocenters. The third-order valence-electron chi connectivity index (χ3n) is 4.73. The van der Waals surface area contributed by atoms with E-state index in [9.17, 15) is 0 Å². The van der Waals surface area contributed by atoms with Crippen molar-refractivity contribution in [3.05, 3.63) is 29.8 Å². The molecule has 0 bridgehead atoms. The van der Waals surface area contributed by atoms with E-state index in [1.165, 1.54) is 63.6 Å². The molecule has 0 radical (unpaired) electrons. The zero-order valence-corrected chi connectivity index (χ0v) is 13.9. The first-order valence-corrected chi connectivity index (χ1v) is 8.73. The molecule has 1 aromatic carbocycles. The van der Waals surface area contributed by atoms with Crippen LogP contribution in [0.5, 0.6) is 0 Å². The number of hydrogen-bond donors (Lipinski definition) is 1. The van der Waals surface area contributed by atoms with Crippen LogP contribution < -0.4 is 5.73 Å². The number of nitrogen functional groups attached to an aromatic ring is 1. The summed E-state index contributed by atoms with van der Waals surface area (Å²) in [5, 5.41) is 0. The number of hydrogen-bond acceptors (Lipinski definition) is 2. The van der Waals surface area contributed by atoms with E-state index in [0.29, 0.717) is 0 Å². The Labute approximate surface area is 130 Å². The van der Waals surface area contributed by atoms with Gasteiger partial charge in [-0.1, -0.05) is 38.8 Å². The lowest BCUT2D eigenvalue weighted by Gasteiger charge is -2.29. The van der Waals surface area contributed by atoms with E-state index in [2.05, 4.69) is 30.9 Å². The third kappa shape index (κ3) is 5.70. The molecule has 0 heterocycles. The maximum Gasteiger partial charge on any atom is 0.0314 e. The summed E-state index contributed by atoms with van der Waals surface area (Å²) in [5.41, 5.74) is 8.03. The molecule has 21 heavy (non-hydrogen) atoms. The minimum atomic E-state index is 0.811. The number of benzene rings is 1. The van der Waals surface area contributed by atoms with Gasteiger partial charge in [0.2, 0.25) is 0 Å². The average Bonchev–Trinajstić information content (AvgIpc) is 2.98. The van der Waals surface area contributed by atoms with Crippen molar-refractivity contribution in [2.45, 2.75) is 64.8 Å². The molecular formula is C19H32N2. The molecule has 0 aromatic heterocycles. The van der Waals surface area contributed by atoms with Crippen molar-refractivity contribution in [3.8, 4) is 0 Å². The van der Waals surface area contributed by atoms with Gasteiger partial charge >= 0.3 is 0 Å². The maximum absolute atomic E-state index is 5.75. The summed E-state index contributed by atoms with van der Waals surface area (Å²) in [6.07, 6.45) is 9.46. The monoisotopic (exact) mass is 288 g/mol. The lowest BCUT2D eigenvalue weighted by atomic mass is 10.1. The maximum atomic E-state index is 5.75. The average molecular weight is 288 g/mol. The second kappa shape index (κ2) is 8.43. The van der Waals surface area contributed by atoms with E-state index >= 15 is 0 Å². The van der Waals surface area contributed by atoms with E-state index in [4.69, 9.17) is 5.73 Å². The van der Waals surface area contributed by atoms with Crippen LogP contribution in [0.2, 0.25) is 0 Å². The van der Waals surface area contributed by atoms with E-state index in [1.54, 1.807) is 0 Å². The molecule has 0 spiro atoms. The fraction of sp³-hybridized carbons (Fsp3) is 0.684. The molecule has 2 heteroatoms. The molecular weight excluding hydrogens is 256 g/mol. The molecule has 1 aliphatic rings. The van der Waals surface area contributed by atoms with Crippen molar-refractivity contribution in [2.75, 3.05) is 18.8 Å². The van der Waals surface area contributed by atoms with E-state index in [1.807, 2.05) is 12.1 Å². The Hall–Kier alpha value is -1.02. The summed E-state index contributed by atoms with van der Waals surface area (Å²) in [6, 6.07) is 9.23. The Bertz CT molecular complexity index is 391. The zero-order chi connectivity index (χ0) is 15.1. The van der Waals surface area contributed by atoms with Crippen LogP contribution in [0.4, 0.5) is 5.69 Å². The lowest BCUT2D eigenvalue weighted by molar-refractivity contribution is 0.186. The van der Waals surface area contributed by atoms with Crippen molar-refractivity contribution < 1.29 is 0 Å². The van der Waals surface area contributed by atoms with Crippen LogP contribution in [0.15, 0.2) is 24.3 Å². The smallest absolute Gasteiger partial charge is 0.0314 e. The molecule has 1 fully saturated rings. The second-order valence-corrected chi connectivity index (χ2v) is 7.00. The molecule has 2 rings (SSSR count). The van der Waals surface area contributed by atoms with Crippen LogP contribution in [-0.4, -0.2) is 24.0 Å². The van der Waals surface area contributed by atoms with Gasteiger partial charge in [0.25, 0.3) is 0 Å². The first-order valence-electron chi connectivity index (χ1n) is 8.73. The third-order valence-corrected chi connectivity index (χ3v) is 4.73. The van der Waals surface area contributed by atoms with Crippen molar-refractivity contribution in [1.29, 1.82) is 0 Å². The van der Waals surface area contributed by atoms with Gasteiger partial charge in [-0.15, -0.1) is 0 Å². The van der Waals surface area contributed by atoms with Gasteiger partial charge in [-0.25, -0.2) is 0 Å². The predicted molar refractivity (Wildman–Crippen MR) is 92.5 cm³/mol. The van der Waals surface area contributed by atoms with Gasteiger partial charge in [0.1, 0.15) is 0 Å². The number of nitrogens with zero attached hydrogens (tertiary/aromatic N) is 1. The number of rotatable bonds is 8. The molecule has 0 saturated heterocycles. The molecule has 1 aliphatic carbocycles. The Morgan fingerprint density at radius 3 is 2.38 bits per heavy atom. The Morgan fingerprint density at radius 2 is 1.76 bits per heavy atom. The second-order valence-electron chi connectivity index (χ2n) is 7.00. The molecule has 0 unspecified atom stereocenters. The van der Waals surface area contributed by atoms with Crippen molar-refractivity contribution in [1.82, 2.24) is 4.90 Å². The number of aryl methyl sites for hydroxylation is 1. The molecule has 1 saturated carbocycles. The Balaban J connectivity index is 1.78. The van der Waals surface area contributed by atoms with Gasteiger partial charge in [-0.2, -0.15) is 0 Å². The highest BCUT2D eigenvalue weighted by molar-refractivity contribution is 5.39. The summed E-state index contributed by atoms with van der Waals surface area (Å²) in [5.74, 6) is 0.811. The summed E-state index contributed by atoms with van der Waals surface area (Å²) in [7, 11) is 0. The fourth-order valence-corrected chi connectivity index (χ4v) is 3.34. The molecule has 1 aromatic rings. The first-order chi connectivity index (χ1) is 10.1. The minimum Gasteiger partial charge on any atom is -0.399 e. The van der Waals surface area contributed by atoms with Gasteiger partial charge in [-0.3, -0.25) is 0 Å². The molecule has 2 N–H and O–H groups in total. The van der Waals surface area contributed by atoms with Crippen molar-refractivity contribution >= 4 is 5.69 Å². The van der Waals surface area contributed by atoms with Gasteiger partial charge in [0.15, 0.2) is 0 Å². The number of anilines is 1. The predicted octanol–water partition coefficient (Wildman–Crippen LogP) is 4.49. The van der Waals surface area contributed by atoms with Gasteiger partial charge in [0, 0.05) is 11.7 Å². The summed E-state index contributed by atoms with van der Waals surface area (Å²) >= 11 is 0. The Kier molecular flexibility index (Phi) is 6.56. The largest absolute Gasteiger partial charge is 0.399 e. The van der Waals surface area contributed by atoms with Crippen LogP contribution in [0.1, 0.15) is 57.9 Å². The normalized spacial score (nSPS) is 16.2. The van der Waals surface area contributed by atoms with Crippen LogP contribution in [0, 0.1) is 5.92 Å². The van der Waals surface area contributed by atoms with Crippen LogP contribution in [-0.2, 0) is 6.42 Å². The van der Waals surface area contributed by atoms with Gasteiger partial charge in [-0.05, 0) is 68.8 Å². The highest BCUT2D eigenvalue weighted by Crippen LogP contribution is 2.24. The highest BCUT2D eigenvalue weighted by atomic mass is 15.2. The SMILES string of the molecule is CC(C)CCN(CCCc1ccc(N)cc1)C1CCCC1. The van der Waals surface area contributed by atoms with Crippen LogP contribution in [0.3, 0.4) is 0 Å². The first kappa shape index (κ1) is 16.4. The minimum absolute atomic E-state index is 0.811. The Morgan fingerprint density at radius 1 is 1.10 bits per heavy atom. The summed E-state index contributed by atoms with van der Waals surface area (Å²) < 4.78 is 0. The van der Waals surface area contributed by atoms with E-state index < -0.39 is 0 Å². The van der Waals surface area contributed by atoms with E-state index in [0.717, 1.165) is 17.6 Å². The quantitative estimate of drug-likeness (QED) is 0.714. The fourth-order valence-electron chi connectivity index (χ4n) is 3.34. The standard InChI is InChI=1S/C19H32N2/c1-16(2)13-15-21(19-7-3-4-8-19)14-5-6-17-9-11-18(20)12-10-17/h9-12,16,19H,3-8,13-15,20H2,1-2H3. The highest BCUT2D eigenvalue weighted by Gasteiger charge is 2.21. The topological polar surface area (TPSA) is 29.3 Å². The van der Waals surface area contributed by atoms with E-state index in [-0.39, 0.29) is 0 Å². The van der Waals surface area contributed by atoms with Gasteiger partial charge in [0.05, 0.1) is 0 Å². The molecule has 118 valence electrons. The molecule has 2 nitrogen and oxygen atoms in total. The molecule has 0 amide bonds. The summed E-state index contributed by atoms with van der Waals surface area (Å²) in [6.45, 7) is 7.20. The summed E-state index contributed by atoms with van der Waals surface area (Å²) in [4.78, 5) is 2.77. The van der Waals surface area contributed by atoms with Crippen LogP contribution in [0.25, 0.3) is 0 Å². The zero-order valence-electron chi connectivity index (χ0n) is 13.9. The number of nitrogens with two attached hydrogens (primary N) is 1. The van der Waals surface area contributed by atoms with Crippen LogP contribution >= 0.6 is 0 Å².